The van der Waals surface area contributed by atoms with Crippen molar-refractivity contribution in [2.75, 3.05) is 44.2 Å². The zero-order valence-corrected chi connectivity index (χ0v) is 28.6. The van der Waals surface area contributed by atoms with Crippen molar-refractivity contribution >= 4 is 45.6 Å². The average molecular weight is 679 g/mol. The van der Waals surface area contributed by atoms with Crippen molar-refractivity contribution in [3.05, 3.63) is 60.3 Å². The molecule has 0 saturated carbocycles. The second kappa shape index (κ2) is 12.5. The molecule has 3 aliphatic heterocycles. The molecule has 2 amide bonds. The minimum absolute atomic E-state index is 0.0335. The molecule has 0 unspecified atom stereocenters. The zero-order chi connectivity index (χ0) is 33.7. The summed E-state index contributed by atoms with van der Waals surface area (Å²) in [6.45, 7) is 7.35. The normalized spacial score (nSPS) is 19.9. The van der Waals surface area contributed by atoms with Crippen molar-refractivity contribution < 1.29 is 14.3 Å². The molecular formula is C35H38N10O3S. The van der Waals surface area contributed by atoms with Gasteiger partial charge in [0.2, 0.25) is 17.7 Å². The summed E-state index contributed by atoms with van der Waals surface area (Å²) in [4.78, 5) is 52.6. The molecule has 8 heterocycles. The van der Waals surface area contributed by atoms with E-state index in [1.807, 2.05) is 67.0 Å². The molecule has 3 aliphatic rings. The lowest BCUT2D eigenvalue weighted by Crippen LogP contribution is -2.43. The number of hydrogen-bond donors (Lipinski definition) is 1. The molecule has 5 aromatic rings. The Bertz CT molecular complexity index is 2060. The summed E-state index contributed by atoms with van der Waals surface area (Å²) in [6.07, 6.45) is 11.8. The molecule has 49 heavy (non-hydrogen) atoms. The van der Waals surface area contributed by atoms with Gasteiger partial charge in [-0.1, -0.05) is 6.08 Å². The number of aryl methyl sites for hydroxylation is 1. The molecule has 1 atom stereocenters. The highest BCUT2D eigenvalue weighted by molar-refractivity contribution is 7.16. The summed E-state index contributed by atoms with van der Waals surface area (Å²) >= 11 is 1.63. The fourth-order valence-electron chi connectivity index (χ4n) is 7.05. The van der Waals surface area contributed by atoms with E-state index >= 15 is 0 Å². The number of carbonyl (C=O) groups is 2. The van der Waals surface area contributed by atoms with Crippen LogP contribution in [0.15, 0.2) is 55.3 Å². The number of hydrogen-bond acceptors (Lipinski definition) is 10. The number of imidazole rings is 1. The Balaban J connectivity index is 0.896. The lowest BCUT2D eigenvalue weighted by Gasteiger charge is -2.28. The quantitative estimate of drug-likeness (QED) is 0.253. The van der Waals surface area contributed by atoms with Crippen LogP contribution in [-0.2, 0) is 16.6 Å². The minimum atomic E-state index is -0.503. The highest BCUT2D eigenvalue weighted by Gasteiger charge is 2.51. The maximum absolute atomic E-state index is 14.0. The number of aromatic nitrogens is 7. The Hall–Kier alpha value is -4.95. The third kappa shape index (κ3) is 5.99. The third-order valence-electron chi connectivity index (χ3n) is 9.64. The van der Waals surface area contributed by atoms with Crippen molar-refractivity contribution in [3.8, 4) is 27.7 Å². The van der Waals surface area contributed by atoms with Crippen LogP contribution in [0.25, 0.3) is 38.4 Å². The van der Waals surface area contributed by atoms with Gasteiger partial charge in [0.05, 0.1) is 40.5 Å². The molecule has 0 aliphatic carbocycles. The second-order valence-electron chi connectivity index (χ2n) is 13.4. The number of nitrogens with zero attached hydrogens (tertiary/aromatic N) is 9. The fraction of sp³-hybridized carbons (Fsp3) is 0.400. The summed E-state index contributed by atoms with van der Waals surface area (Å²) in [7, 11) is 1.95. The Kier molecular flexibility index (Phi) is 7.99. The number of pyridine rings is 2. The maximum Gasteiger partial charge on any atom is 0.237 e. The van der Waals surface area contributed by atoms with E-state index in [4.69, 9.17) is 9.72 Å². The standard InChI is InChI=1S/C35H38N10O3S/c1-22(2)48-29-7-4-24(16-36-29)31-32-25(40-41-31)5-6-28(39-32)45-15-11-35(34(45)47)10-14-43(20-35)19-30(46)44-12-8-23(9-13-44)33-37-17-27(49-33)26-18-42(3)21-38-26/h4-8,16-18,21-22H,9-15,19-20H2,1-3H3,(H,40,41)/t35-/m0/s1. The van der Waals surface area contributed by atoms with Crippen molar-refractivity contribution in [1.82, 2.24) is 44.5 Å². The van der Waals surface area contributed by atoms with E-state index in [2.05, 4.69) is 36.1 Å². The highest BCUT2D eigenvalue weighted by Crippen LogP contribution is 2.42. The van der Waals surface area contributed by atoms with Gasteiger partial charge >= 0.3 is 0 Å². The maximum atomic E-state index is 14.0. The van der Waals surface area contributed by atoms with E-state index in [0.29, 0.717) is 55.6 Å². The molecule has 1 N–H and O–H groups in total. The molecule has 2 saturated heterocycles. The first-order valence-electron chi connectivity index (χ1n) is 16.7. The Morgan fingerprint density at radius 1 is 1.08 bits per heavy atom. The number of rotatable bonds is 8. The van der Waals surface area contributed by atoms with Gasteiger partial charge in [0.1, 0.15) is 22.0 Å². The Labute approximate surface area is 287 Å². The topological polar surface area (TPSA) is 138 Å². The van der Waals surface area contributed by atoms with E-state index in [-0.39, 0.29) is 17.9 Å². The monoisotopic (exact) mass is 678 g/mol. The third-order valence-corrected chi connectivity index (χ3v) is 10.7. The number of H-pyrrole nitrogens is 1. The minimum Gasteiger partial charge on any atom is -0.475 e. The SMILES string of the molecule is CC(C)Oc1ccc(-c2n[nH]c3ccc(N4CC[C@]5(CCN(CC(=O)N6CC=C(c7ncc(-c8cn(C)cn8)s7)CC6)C5)C4=O)nc23)cn1. The summed E-state index contributed by atoms with van der Waals surface area (Å²) < 4.78 is 7.61. The first-order valence-corrected chi connectivity index (χ1v) is 17.5. The number of likely N-dealkylation sites (tertiary alicyclic amines) is 1. The smallest absolute Gasteiger partial charge is 0.237 e. The number of nitrogens with one attached hydrogen (secondary N) is 1. The fourth-order valence-corrected chi connectivity index (χ4v) is 7.99. The first-order chi connectivity index (χ1) is 23.7. The van der Waals surface area contributed by atoms with Gasteiger partial charge in [-0.05, 0) is 63.4 Å². The first kappa shape index (κ1) is 31.3. The molecule has 0 radical (unpaired) electrons. The molecule has 2 fully saturated rings. The second-order valence-corrected chi connectivity index (χ2v) is 14.4. The molecule has 8 rings (SSSR count). The van der Waals surface area contributed by atoms with Crippen LogP contribution in [0.3, 0.4) is 0 Å². The lowest BCUT2D eigenvalue weighted by atomic mass is 9.85. The lowest BCUT2D eigenvalue weighted by molar-refractivity contribution is -0.132. The summed E-state index contributed by atoms with van der Waals surface area (Å²) in [5, 5.41) is 8.54. The van der Waals surface area contributed by atoms with Crippen LogP contribution >= 0.6 is 11.3 Å². The summed E-state index contributed by atoms with van der Waals surface area (Å²) in [5.41, 5.74) is 4.55. The predicted molar refractivity (Wildman–Crippen MR) is 187 cm³/mol. The summed E-state index contributed by atoms with van der Waals surface area (Å²) in [6, 6.07) is 7.53. The van der Waals surface area contributed by atoms with Crippen LogP contribution in [0.5, 0.6) is 5.88 Å². The van der Waals surface area contributed by atoms with Crippen LogP contribution in [0.2, 0.25) is 0 Å². The van der Waals surface area contributed by atoms with E-state index in [1.165, 1.54) is 5.57 Å². The van der Waals surface area contributed by atoms with Gasteiger partial charge in [0.15, 0.2) is 0 Å². The van der Waals surface area contributed by atoms with Gasteiger partial charge in [0.25, 0.3) is 0 Å². The van der Waals surface area contributed by atoms with Crippen LogP contribution in [0, 0.1) is 5.41 Å². The number of carbonyl (C=O) groups excluding carboxylic acids is 2. The van der Waals surface area contributed by atoms with Gasteiger partial charge in [-0.3, -0.25) is 24.5 Å². The van der Waals surface area contributed by atoms with Crippen molar-refractivity contribution in [1.29, 1.82) is 0 Å². The van der Waals surface area contributed by atoms with Gasteiger partial charge < -0.3 is 14.2 Å². The number of aromatic amines is 1. The van der Waals surface area contributed by atoms with E-state index in [9.17, 15) is 9.59 Å². The van der Waals surface area contributed by atoms with Crippen LogP contribution in [-0.4, -0.2) is 102 Å². The number of anilines is 1. The number of fused-ring (bicyclic) bond motifs is 1. The predicted octanol–water partition coefficient (Wildman–Crippen LogP) is 4.41. The number of amides is 2. The molecule has 1 spiro atoms. The largest absolute Gasteiger partial charge is 0.475 e. The van der Waals surface area contributed by atoms with E-state index in [1.54, 1.807) is 28.8 Å². The van der Waals surface area contributed by atoms with Gasteiger partial charge in [0, 0.05) is 63.4 Å². The van der Waals surface area contributed by atoms with Crippen molar-refractivity contribution in [2.24, 2.45) is 12.5 Å². The van der Waals surface area contributed by atoms with Crippen molar-refractivity contribution in [3.63, 3.8) is 0 Å². The van der Waals surface area contributed by atoms with Crippen molar-refractivity contribution in [2.45, 2.75) is 39.2 Å². The van der Waals surface area contributed by atoms with Crippen LogP contribution in [0.4, 0.5) is 5.82 Å². The highest BCUT2D eigenvalue weighted by atomic mass is 32.1. The Morgan fingerprint density at radius 3 is 2.71 bits per heavy atom. The molecule has 14 heteroatoms. The molecular weight excluding hydrogens is 641 g/mol. The van der Waals surface area contributed by atoms with Gasteiger partial charge in [-0.25, -0.2) is 19.9 Å². The van der Waals surface area contributed by atoms with Gasteiger partial charge in [-0.2, -0.15) is 5.10 Å². The Morgan fingerprint density at radius 2 is 1.96 bits per heavy atom. The molecule has 5 aromatic heterocycles. The molecule has 0 bridgehead atoms. The van der Waals surface area contributed by atoms with Crippen LogP contribution < -0.4 is 9.64 Å². The number of thiazole rings is 1. The summed E-state index contributed by atoms with van der Waals surface area (Å²) in [5.74, 6) is 1.34. The molecule has 252 valence electrons. The zero-order valence-electron chi connectivity index (χ0n) is 27.8. The molecule has 13 nitrogen and oxygen atoms in total. The van der Waals surface area contributed by atoms with E-state index in [0.717, 1.165) is 52.5 Å². The van der Waals surface area contributed by atoms with E-state index < -0.39 is 5.41 Å². The average Bonchev–Trinajstić information content (AvgIpc) is 3.94. The van der Waals surface area contributed by atoms with Gasteiger partial charge in [-0.15, -0.1) is 11.3 Å². The molecule has 0 aromatic carbocycles. The van der Waals surface area contributed by atoms with Crippen LogP contribution in [0.1, 0.15) is 38.1 Å². The number of ether oxygens (including phenoxy) is 1.